The first-order valence-corrected chi connectivity index (χ1v) is 6.92. The fraction of sp³-hybridized carbons (Fsp3) is 0.235. The van der Waals surface area contributed by atoms with E-state index in [4.69, 9.17) is 5.73 Å². The molecule has 21 heavy (non-hydrogen) atoms. The zero-order chi connectivity index (χ0) is 15.2. The third kappa shape index (κ3) is 2.17. The Bertz CT molecular complexity index is 813. The molecule has 0 fully saturated rings. The minimum Gasteiger partial charge on any atom is -0.396 e. The topological polar surface area (TPSA) is 43.8 Å². The van der Waals surface area contributed by atoms with Gasteiger partial charge in [-0.05, 0) is 45.0 Å². The number of nitrogens with two attached hydrogens (primary N) is 1. The van der Waals surface area contributed by atoms with Crippen LogP contribution in [0.2, 0.25) is 0 Å². The van der Waals surface area contributed by atoms with Gasteiger partial charge in [-0.3, -0.25) is 0 Å². The number of nitrogens with zero attached hydrogens (tertiary/aromatic N) is 2. The molecule has 3 nitrogen and oxygen atoms in total. The molecule has 2 N–H and O–H groups in total. The van der Waals surface area contributed by atoms with Gasteiger partial charge in [0.2, 0.25) is 0 Å². The van der Waals surface area contributed by atoms with Crippen LogP contribution in [-0.2, 0) is 5.54 Å². The van der Waals surface area contributed by atoms with Crippen molar-refractivity contribution in [1.82, 2.24) is 9.55 Å². The number of halogens is 1. The molecule has 0 aliphatic rings. The largest absolute Gasteiger partial charge is 0.396 e. The molecule has 0 spiro atoms. The van der Waals surface area contributed by atoms with Gasteiger partial charge in [0, 0.05) is 11.1 Å². The van der Waals surface area contributed by atoms with E-state index in [0.717, 1.165) is 11.0 Å². The molecule has 1 aromatic heterocycles. The Morgan fingerprint density at radius 2 is 1.76 bits per heavy atom. The first-order chi connectivity index (χ1) is 9.89. The Morgan fingerprint density at radius 1 is 1.05 bits per heavy atom. The molecule has 0 radical (unpaired) electrons. The molecule has 0 aliphatic heterocycles. The smallest absolute Gasteiger partial charge is 0.146 e. The van der Waals surface area contributed by atoms with Crippen molar-refractivity contribution in [1.29, 1.82) is 0 Å². The second-order valence-corrected chi connectivity index (χ2v) is 6.13. The number of rotatable bonds is 1. The van der Waals surface area contributed by atoms with Crippen LogP contribution in [0, 0.1) is 5.82 Å². The van der Waals surface area contributed by atoms with E-state index >= 15 is 0 Å². The van der Waals surface area contributed by atoms with Crippen LogP contribution in [-0.4, -0.2) is 9.55 Å². The van der Waals surface area contributed by atoms with Gasteiger partial charge in [-0.1, -0.05) is 18.2 Å². The van der Waals surface area contributed by atoms with Crippen LogP contribution in [0.3, 0.4) is 0 Å². The predicted octanol–water partition coefficient (Wildman–Crippen LogP) is 4.18. The van der Waals surface area contributed by atoms with E-state index in [0.29, 0.717) is 11.4 Å². The number of fused-ring (bicyclic) bond motifs is 1. The van der Waals surface area contributed by atoms with Gasteiger partial charge in [-0.25, -0.2) is 9.37 Å². The van der Waals surface area contributed by atoms with E-state index < -0.39 is 5.82 Å². The summed E-state index contributed by atoms with van der Waals surface area (Å²) in [6.45, 7) is 6.29. The lowest BCUT2D eigenvalue weighted by molar-refractivity contribution is 0.413. The number of para-hydroxylation sites is 3. The minimum atomic E-state index is -0.417. The van der Waals surface area contributed by atoms with Crippen molar-refractivity contribution in [2.45, 2.75) is 26.3 Å². The lowest BCUT2D eigenvalue weighted by atomic mass is 10.1. The van der Waals surface area contributed by atoms with Crippen molar-refractivity contribution in [3.8, 4) is 11.4 Å². The monoisotopic (exact) mass is 283 g/mol. The maximum atomic E-state index is 13.8. The Kier molecular flexibility index (Phi) is 2.97. The van der Waals surface area contributed by atoms with Crippen LogP contribution in [0.4, 0.5) is 10.1 Å². The van der Waals surface area contributed by atoms with E-state index in [2.05, 4.69) is 30.3 Å². The standard InChI is InChI=1S/C17H18FN3/c1-17(2,3)21-14-10-5-4-9-13(14)20-16(21)11-7-6-8-12(18)15(11)19/h4-10H,19H2,1-3H3. The Hall–Kier alpha value is -2.36. The lowest BCUT2D eigenvalue weighted by Crippen LogP contribution is -2.22. The highest BCUT2D eigenvalue weighted by atomic mass is 19.1. The molecule has 0 atom stereocenters. The molecule has 4 heteroatoms. The zero-order valence-corrected chi connectivity index (χ0v) is 12.4. The van der Waals surface area contributed by atoms with Crippen LogP contribution in [0.1, 0.15) is 20.8 Å². The van der Waals surface area contributed by atoms with Crippen molar-refractivity contribution in [3.05, 3.63) is 48.3 Å². The molecule has 0 bridgehead atoms. The van der Waals surface area contributed by atoms with E-state index in [-0.39, 0.29) is 11.2 Å². The van der Waals surface area contributed by atoms with Gasteiger partial charge in [0.1, 0.15) is 11.6 Å². The van der Waals surface area contributed by atoms with Crippen LogP contribution in [0.15, 0.2) is 42.5 Å². The zero-order valence-electron chi connectivity index (χ0n) is 12.4. The molecular weight excluding hydrogens is 265 g/mol. The summed E-state index contributed by atoms with van der Waals surface area (Å²) in [5, 5.41) is 0. The van der Waals surface area contributed by atoms with E-state index in [1.807, 2.05) is 30.3 Å². The van der Waals surface area contributed by atoms with E-state index in [1.165, 1.54) is 6.07 Å². The van der Waals surface area contributed by atoms with Gasteiger partial charge in [-0.15, -0.1) is 0 Å². The minimum absolute atomic E-state index is 0.137. The van der Waals surface area contributed by atoms with Gasteiger partial charge in [0.25, 0.3) is 0 Å². The second-order valence-electron chi connectivity index (χ2n) is 6.13. The summed E-state index contributed by atoms with van der Waals surface area (Å²) in [4.78, 5) is 4.67. The number of imidazole rings is 1. The highest BCUT2D eigenvalue weighted by molar-refractivity contribution is 5.84. The predicted molar refractivity (Wildman–Crippen MR) is 84.5 cm³/mol. The molecule has 3 aromatic rings. The summed E-state index contributed by atoms with van der Waals surface area (Å²) in [5.74, 6) is 0.278. The molecular formula is C17H18FN3. The summed E-state index contributed by atoms with van der Waals surface area (Å²) in [6, 6.07) is 12.7. The number of hydrogen-bond donors (Lipinski definition) is 1. The lowest BCUT2D eigenvalue weighted by Gasteiger charge is -2.25. The Morgan fingerprint density at radius 3 is 2.48 bits per heavy atom. The number of anilines is 1. The number of hydrogen-bond acceptors (Lipinski definition) is 2. The van der Waals surface area contributed by atoms with Crippen molar-refractivity contribution in [2.75, 3.05) is 5.73 Å². The number of benzene rings is 2. The molecule has 0 amide bonds. The quantitative estimate of drug-likeness (QED) is 0.681. The average molecular weight is 283 g/mol. The average Bonchev–Trinajstić information content (AvgIpc) is 2.80. The fourth-order valence-electron chi connectivity index (χ4n) is 2.62. The molecule has 0 unspecified atom stereocenters. The van der Waals surface area contributed by atoms with Crippen molar-refractivity contribution in [2.24, 2.45) is 0 Å². The van der Waals surface area contributed by atoms with E-state index in [1.54, 1.807) is 6.07 Å². The summed E-state index contributed by atoms with van der Waals surface area (Å²) < 4.78 is 15.9. The van der Waals surface area contributed by atoms with Crippen LogP contribution >= 0.6 is 0 Å². The third-order valence-electron chi connectivity index (χ3n) is 3.53. The molecule has 1 heterocycles. The summed E-state index contributed by atoms with van der Waals surface area (Å²) in [7, 11) is 0. The number of aromatic nitrogens is 2. The van der Waals surface area contributed by atoms with Gasteiger partial charge in [0.05, 0.1) is 16.7 Å². The summed E-state index contributed by atoms with van der Waals surface area (Å²) in [6.07, 6.45) is 0. The van der Waals surface area contributed by atoms with Gasteiger partial charge in [0.15, 0.2) is 0 Å². The van der Waals surface area contributed by atoms with Crippen molar-refractivity contribution >= 4 is 16.7 Å². The fourth-order valence-corrected chi connectivity index (χ4v) is 2.62. The molecule has 2 aromatic carbocycles. The van der Waals surface area contributed by atoms with Crippen molar-refractivity contribution < 1.29 is 4.39 Å². The maximum absolute atomic E-state index is 13.8. The van der Waals surface area contributed by atoms with Crippen LogP contribution in [0.25, 0.3) is 22.4 Å². The summed E-state index contributed by atoms with van der Waals surface area (Å²) >= 11 is 0. The van der Waals surface area contributed by atoms with Gasteiger partial charge in [-0.2, -0.15) is 0 Å². The van der Waals surface area contributed by atoms with Crippen LogP contribution < -0.4 is 5.73 Å². The third-order valence-corrected chi connectivity index (χ3v) is 3.53. The SMILES string of the molecule is CC(C)(C)n1c(-c2cccc(F)c2N)nc2ccccc21. The maximum Gasteiger partial charge on any atom is 0.146 e. The highest BCUT2D eigenvalue weighted by Gasteiger charge is 2.23. The first-order valence-electron chi connectivity index (χ1n) is 6.92. The van der Waals surface area contributed by atoms with Gasteiger partial charge < -0.3 is 10.3 Å². The molecule has 0 saturated carbocycles. The normalized spacial score (nSPS) is 12.0. The van der Waals surface area contributed by atoms with Crippen molar-refractivity contribution in [3.63, 3.8) is 0 Å². The Labute approximate surface area is 123 Å². The van der Waals surface area contributed by atoms with Crippen LogP contribution in [0.5, 0.6) is 0 Å². The Balaban J connectivity index is 2.40. The highest BCUT2D eigenvalue weighted by Crippen LogP contribution is 2.34. The summed E-state index contributed by atoms with van der Waals surface area (Å²) in [5.41, 5.74) is 8.39. The van der Waals surface area contributed by atoms with E-state index in [9.17, 15) is 4.39 Å². The van der Waals surface area contributed by atoms with Gasteiger partial charge >= 0.3 is 0 Å². The number of nitrogen functional groups attached to an aromatic ring is 1. The molecule has 3 rings (SSSR count). The molecule has 0 saturated heterocycles. The molecule has 0 aliphatic carbocycles. The second kappa shape index (κ2) is 4.58. The molecule has 108 valence electrons. The first kappa shape index (κ1) is 13.6.